The molecule has 1 aromatic heterocycles. The van der Waals surface area contributed by atoms with E-state index in [-0.39, 0.29) is 11.6 Å². The quantitative estimate of drug-likeness (QED) is 0.515. The average molecular weight is 483 g/mol. The van der Waals surface area contributed by atoms with Gasteiger partial charge in [-0.3, -0.25) is 9.69 Å². The fourth-order valence-electron chi connectivity index (χ4n) is 4.15. The molecule has 9 heteroatoms. The summed E-state index contributed by atoms with van der Waals surface area (Å²) in [5.74, 6) is 0.0950. The summed E-state index contributed by atoms with van der Waals surface area (Å²) in [6.45, 7) is 13.1. The van der Waals surface area contributed by atoms with E-state index in [1.54, 1.807) is 17.0 Å². The molecule has 4 N–H and O–H groups in total. The van der Waals surface area contributed by atoms with Crippen LogP contribution in [0.15, 0.2) is 36.4 Å². The first-order valence-electron chi connectivity index (χ1n) is 12.3. The molecule has 35 heavy (non-hydrogen) atoms. The van der Waals surface area contributed by atoms with E-state index in [1.807, 2.05) is 45.0 Å². The molecule has 1 unspecified atom stereocenters. The van der Waals surface area contributed by atoms with E-state index in [4.69, 9.17) is 10.5 Å². The number of hydrogen-bond donors (Lipinski definition) is 3. The molecule has 1 aromatic carbocycles. The van der Waals surface area contributed by atoms with Gasteiger partial charge in [0.25, 0.3) is 5.91 Å². The molecule has 1 atom stereocenters. The fraction of sp³-hybridized carbons (Fsp3) is 0.500. The van der Waals surface area contributed by atoms with E-state index >= 15 is 0 Å². The predicted octanol–water partition coefficient (Wildman–Crippen LogP) is 4.26. The van der Waals surface area contributed by atoms with Gasteiger partial charge < -0.3 is 26.0 Å². The van der Waals surface area contributed by atoms with Crippen LogP contribution in [-0.4, -0.2) is 54.8 Å². The lowest BCUT2D eigenvalue weighted by Crippen LogP contribution is -2.50. The summed E-state index contributed by atoms with van der Waals surface area (Å²) in [7, 11) is 0. The molecule has 0 spiro atoms. The Labute approximate surface area is 208 Å². The largest absolute Gasteiger partial charge is 0.443 e. The fourth-order valence-corrected chi connectivity index (χ4v) is 4.15. The Morgan fingerprint density at radius 1 is 1.14 bits per heavy atom. The van der Waals surface area contributed by atoms with E-state index < -0.39 is 17.6 Å². The second-order valence-electron chi connectivity index (χ2n) is 9.62. The van der Waals surface area contributed by atoms with Gasteiger partial charge >= 0.3 is 6.09 Å². The molecule has 0 saturated carbocycles. The van der Waals surface area contributed by atoms with Crippen molar-refractivity contribution in [1.82, 2.24) is 10.3 Å². The zero-order valence-corrected chi connectivity index (χ0v) is 21.4. The Morgan fingerprint density at radius 3 is 2.37 bits per heavy atom. The monoisotopic (exact) mass is 482 g/mol. The van der Waals surface area contributed by atoms with Gasteiger partial charge in [0.15, 0.2) is 0 Å². The predicted molar refractivity (Wildman–Crippen MR) is 141 cm³/mol. The highest BCUT2D eigenvalue weighted by molar-refractivity contribution is 5.99. The van der Waals surface area contributed by atoms with Crippen molar-refractivity contribution in [2.75, 3.05) is 41.3 Å². The van der Waals surface area contributed by atoms with Crippen LogP contribution >= 0.6 is 0 Å². The third-order valence-electron chi connectivity index (χ3n) is 5.88. The first-order chi connectivity index (χ1) is 16.6. The van der Waals surface area contributed by atoms with Crippen LogP contribution in [0.4, 0.5) is 27.8 Å². The van der Waals surface area contributed by atoms with Gasteiger partial charge in [-0.05, 0) is 90.4 Å². The first-order valence-corrected chi connectivity index (χ1v) is 12.3. The number of pyridine rings is 1. The van der Waals surface area contributed by atoms with Crippen LogP contribution in [-0.2, 0) is 4.74 Å². The number of piperidine rings is 1. The normalized spacial score (nSPS) is 15.9. The first kappa shape index (κ1) is 26.3. The van der Waals surface area contributed by atoms with Crippen molar-refractivity contribution in [3.8, 4) is 0 Å². The number of aromatic nitrogens is 1. The summed E-state index contributed by atoms with van der Waals surface area (Å²) in [5.41, 5.74) is 7.10. The lowest BCUT2D eigenvalue weighted by Gasteiger charge is -2.35. The molecule has 3 rings (SSSR count). The second kappa shape index (κ2) is 11.4. The van der Waals surface area contributed by atoms with Gasteiger partial charge in [-0.15, -0.1) is 0 Å². The van der Waals surface area contributed by atoms with Gasteiger partial charge in [-0.2, -0.15) is 0 Å². The minimum Gasteiger partial charge on any atom is -0.443 e. The molecule has 2 heterocycles. The number of ether oxygens (including phenoxy) is 1. The van der Waals surface area contributed by atoms with Crippen LogP contribution in [0.2, 0.25) is 0 Å². The van der Waals surface area contributed by atoms with Crippen molar-refractivity contribution >= 4 is 35.0 Å². The summed E-state index contributed by atoms with van der Waals surface area (Å²) in [6, 6.07) is 11.0. The summed E-state index contributed by atoms with van der Waals surface area (Å²) < 4.78 is 5.70. The number of rotatable bonds is 8. The van der Waals surface area contributed by atoms with E-state index in [2.05, 4.69) is 34.4 Å². The number of carbonyl (C=O) groups is 2. The highest BCUT2D eigenvalue weighted by atomic mass is 16.6. The van der Waals surface area contributed by atoms with E-state index in [0.29, 0.717) is 18.2 Å². The lowest BCUT2D eigenvalue weighted by molar-refractivity contribution is 0.0559. The Bertz CT molecular complexity index is 1010. The van der Waals surface area contributed by atoms with Crippen LogP contribution in [0.25, 0.3) is 0 Å². The third-order valence-corrected chi connectivity index (χ3v) is 5.88. The molecule has 1 aliphatic rings. The number of nitrogens with two attached hydrogens (primary N) is 1. The molecule has 0 bridgehead atoms. The zero-order chi connectivity index (χ0) is 25.6. The highest BCUT2D eigenvalue weighted by Gasteiger charge is 2.32. The van der Waals surface area contributed by atoms with Crippen molar-refractivity contribution in [2.45, 2.75) is 59.1 Å². The van der Waals surface area contributed by atoms with Gasteiger partial charge in [0, 0.05) is 31.0 Å². The molecule has 0 aliphatic carbocycles. The van der Waals surface area contributed by atoms with Crippen molar-refractivity contribution < 1.29 is 14.3 Å². The summed E-state index contributed by atoms with van der Waals surface area (Å²) in [5, 5.41) is 6.56. The van der Waals surface area contributed by atoms with Crippen molar-refractivity contribution in [3.05, 3.63) is 42.0 Å². The minimum atomic E-state index is -0.654. The molecule has 1 fully saturated rings. The summed E-state index contributed by atoms with van der Waals surface area (Å²) in [4.78, 5) is 33.9. The SMILES string of the molecule is CCN(CC)c1ccc(Nc2nc(N(C(=O)OC(C)(C)C)C3CCCNC3)ccc2C(N)=O)cc1. The molecular weight excluding hydrogens is 444 g/mol. The maximum atomic E-state index is 13.2. The van der Waals surface area contributed by atoms with Gasteiger partial charge in [0.2, 0.25) is 0 Å². The third kappa shape index (κ3) is 6.85. The molecular formula is C26H38N6O3. The molecule has 2 aromatic rings. The van der Waals surface area contributed by atoms with Crippen molar-refractivity contribution in [1.29, 1.82) is 0 Å². The van der Waals surface area contributed by atoms with Crippen LogP contribution in [0.1, 0.15) is 57.8 Å². The summed E-state index contributed by atoms with van der Waals surface area (Å²) >= 11 is 0. The molecule has 2 amide bonds. The number of nitrogens with zero attached hydrogens (tertiary/aromatic N) is 3. The number of nitrogens with one attached hydrogen (secondary N) is 2. The van der Waals surface area contributed by atoms with Gasteiger partial charge in [0.05, 0.1) is 11.6 Å². The van der Waals surface area contributed by atoms with E-state index in [1.165, 1.54) is 0 Å². The Balaban J connectivity index is 1.96. The number of carbonyl (C=O) groups excluding carboxylic acids is 2. The second-order valence-corrected chi connectivity index (χ2v) is 9.62. The zero-order valence-electron chi connectivity index (χ0n) is 21.4. The number of primary amides is 1. The highest BCUT2D eigenvalue weighted by Crippen LogP contribution is 2.28. The molecule has 190 valence electrons. The topological polar surface area (TPSA) is 113 Å². The number of hydrogen-bond acceptors (Lipinski definition) is 7. The Morgan fingerprint density at radius 2 is 1.83 bits per heavy atom. The van der Waals surface area contributed by atoms with Gasteiger partial charge in [0.1, 0.15) is 17.2 Å². The number of benzene rings is 1. The van der Waals surface area contributed by atoms with Crippen LogP contribution in [0, 0.1) is 0 Å². The maximum Gasteiger partial charge on any atom is 0.416 e. The van der Waals surface area contributed by atoms with Crippen LogP contribution in [0.3, 0.4) is 0 Å². The lowest BCUT2D eigenvalue weighted by atomic mass is 10.1. The number of anilines is 4. The van der Waals surface area contributed by atoms with Gasteiger partial charge in [-0.1, -0.05) is 0 Å². The molecule has 1 saturated heterocycles. The van der Waals surface area contributed by atoms with Gasteiger partial charge in [-0.25, -0.2) is 9.78 Å². The van der Waals surface area contributed by atoms with Crippen molar-refractivity contribution in [2.24, 2.45) is 5.73 Å². The summed E-state index contributed by atoms with van der Waals surface area (Å²) in [6.07, 6.45) is 1.29. The van der Waals surface area contributed by atoms with Crippen LogP contribution < -0.4 is 26.2 Å². The van der Waals surface area contributed by atoms with Crippen molar-refractivity contribution in [3.63, 3.8) is 0 Å². The standard InChI is InChI=1S/C26H38N6O3/c1-6-31(7-2)19-12-10-18(11-13-19)29-24-21(23(27)33)14-15-22(30-24)32(20-9-8-16-28-17-20)25(34)35-26(3,4)5/h10-15,20,28H,6-9,16-17H2,1-5H3,(H2,27,33)(H,29,30). The van der Waals surface area contributed by atoms with E-state index in [0.717, 1.165) is 43.9 Å². The smallest absolute Gasteiger partial charge is 0.416 e. The Kier molecular flexibility index (Phi) is 8.56. The number of amides is 2. The minimum absolute atomic E-state index is 0.119. The Hall–Kier alpha value is -3.33. The van der Waals surface area contributed by atoms with E-state index in [9.17, 15) is 9.59 Å². The molecule has 1 aliphatic heterocycles. The average Bonchev–Trinajstić information content (AvgIpc) is 2.80. The maximum absolute atomic E-state index is 13.2. The molecule has 0 radical (unpaired) electrons. The van der Waals surface area contributed by atoms with Crippen LogP contribution in [0.5, 0.6) is 0 Å². The molecule has 9 nitrogen and oxygen atoms in total.